The average Bonchev–Trinajstić information content (AvgIpc) is 3.06. The van der Waals surface area contributed by atoms with Crippen molar-refractivity contribution in [2.75, 3.05) is 13.1 Å². The number of nitrogens with one attached hydrogen (secondary N) is 2. The molecule has 4 rings (SSSR count). The molecule has 2 N–H and O–H groups in total. The Hall–Kier alpha value is -2.08. The Morgan fingerprint density at radius 2 is 1.81 bits per heavy atom. The van der Waals surface area contributed by atoms with Gasteiger partial charge in [0.25, 0.3) is 0 Å². The van der Waals surface area contributed by atoms with E-state index in [1.807, 2.05) is 6.20 Å². The van der Waals surface area contributed by atoms with Crippen molar-refractivity contribution in [3.8, 4) is 0 Å². The minimum atomic E-state index is 0.0255. The Kier molecular flexibility index (Phi) is 5.62. The molecule has 1 aliphatic carbocycles. The van der Waals surface area contributed by atoms with Crippen molar-refractivity contribution in [1.29, 1.82) is 0 Å². The molecule has 1 saturated heterocycles. The second-order valence-electron chi connectivity index (χ2n) is 8.18. The van der Waals surface area contributed by atoms with E-state index in [9.17, 15) is 4.79 Å². The number of rotatable bonds is 4. The highest BCUT2D eigenvalue weighted by molar-refractivity contribution is 5.74. The molecule has 2 amide bonds. The van der Waals surface area contributed by atoms with Crippen molar-refractivity contribution >= 4 is 11.7 Å². The monoisotopic (exact) mass is 369 g/mol. The first kappa shape index (κ1) is 18.3. The van der Waals surface area contributed by atoms with Gasteiger partial charge in [0.2, 0.25) is 0 Å². The van der Waals surface area contributed by atoms with Gasteiger partial charge in [0.15, 0.2) is 0 Å². The van der Waals surface area contributed by atoms with Crippen LogP contribution in [-0.2, 0) is 6.54 Å². The average molecular weight is 370 g/mol. The van der Waals surface area contributed by atoms with E-state index in [2.05, 4.69) is 50.2 Å². The Morgan fingerprint density at radius 3 is 2.56 bits per heavy atom. The molecule has 6 nitrogen and oxygen atoms in total. The zero-order valence-electron chi connectivity index (χ0n) is 16.3. The highest BCUT2D eigenvalue weighted by Crippen LogP contribution is 2.18. The molecule has 2 aromatic heterocycles. The fourth-order valence-corrected chi connectivity index (χ4v) is 4.38. The van der Waals surface area contributed by atoms with Gasteiger partial charge in [0.05, 0.1) is 11.9 Å². The van der Waals surface area contributed by atoms with Crippen molar-refractivity contribution < 1.29 is 4.79 Å². The first-order valence-corrected chi connectivity index (χ1v) is 10.4. The summed E-state index contributed by atoms with van der Waals surface area (Å²) in [4.78, 5) is 19.2. The Labute approximate surface area is 161 Å². The zero-order valence-corrected chi connectivity index (χ0v) is 16.3. The highest BCUT2D eigenvalue weighted by atomic mass is 16.2. The number of imidazole rings is 1. The number of hydrogen-bond acceptors (Lipinski definition) is 3. The number of carbonyl (C=O) groups excluding carboxylic acids is 1. The van der Waals surface area contributed by atoms with Crippen LogP contribution in [0.15, 0.2) is 24.5 Å². The van der Waals surface area contributed by atoms with Crippen LogP contribution in [0.3, 0.4) is 0 Å². The number of nitrogens with zero attached hydrogens (tertiary/aromatic N) is 3. The van der Waals surface area contributed by atoms with E-state index < -0.39 is 0 Å². The number of carbonyl (C=O) groups is 1. The lowest BCUT2D eigenvalue weighted by atomic mass is 9.96. The van der Waals surface area contributed by atoms with Crippen molar-refractivity contribution in [1.82, 2.24) is 24.9 Å². The molecule has 6 heteroatoms. The van der Waals surface area contributed by atoms with Gasteiger partial charge in [0.1, 0.15) is 5.65 Å². The maximum atomic E-state index is 12.2. The minimum Gasteiger partial charge on any atom is -0.335 e. The van der Waals surface area contributed by atoms with Crippen molar-refractivity contribution in [2.45, 2.75) is 70.5 Å². The second-order valence-corrected chi connectivity index (χ2v) is 8.18. The summed E-state index contributed by atoms with van der Waals surface area (Å²) in [6, 6.07) is 4.92. The standard InChI is InChI=1S/C21H31N5O/c1-16-7-12-26-19(14-22-20(26)13-16)15-25-10-8-18(9-11-25)24-21(27)23-17-5-3-2-4-6-17/h7,12-14,17-18H,2-6,8-11,15H2,1H3,(H2,23,24,27). The molecule has 0 radical (unpaired) electrons. The van der Waals surface area contributed by atoms with Gasteiger partial charge in [-0.05, 0) is 50.3 Å². The first-order chi connectivity index (χ1) is 13.2. The molecule has 1 saturated carbocycles. The SMILES string of the molecule is Cc1ccn2c(CN3CCC(NC(=O)NC4CCCCC4)CC3)cnc2c1. The number of likely N-dealkylation sites (tertiary alicyclic amines) is 1. The third kappa shape index (κ3) is 4.61. The molecule has 0 spiro atoms. The normalized spacial score (nSPS) is 20.0. The van der Waals surface area contributed by atoms with Gasteiger partial charge in [-0.25, -0.2) is 9.78 Å². The van der Waals surface area contributed by atoms with Crippen LogP contribution in [0, 0.1) is 6.92 Å². The Balaban J connectivity index is 1.24. The van der Waals surface area contributed by atoms with E-state index in [1.165, 1.54) is 30.5 Å². The molecule has 2 aliphatic rings. The number of piperidine rings is 1. The summed E-state index contributed by atoms with van der Waals surface area (Å²) in [6.45, 7) is 5.02. The smallest absolute Gasteiger partial charge is 0.315 e. The molecule has 0 unspecified atom stereocenters. The number of urea groups is 1. The summed E-state index contributed by atoms with van der Waals surface area (Å²) in [5.74, 6) is 0. The van der Waals surface area contributed by atoms with Gasteiger partial charge in [-0.1, -0.05) is 19.3 Å². The highest BCUT2D eigenvalue weighted by Gasteiger charge is 2.23. The lowest BCUT2D eigenvalue weighted by molar-refractivity contribution is 0.183. The first-order valence-electron chi connectivity index (χ1n) is 10.4. The van der Waals surface area contributed by atoms with Gasteiger partial charge < -0.3 is 15.0 Å². The fourth-order valence-electron chi connectivity index (χ4n) is 4.38. The molecule has 3 heterocycles. The molecule has 146 valence electrons. The van der Waals surface area contributed by atoms with Crippen molar-refractivity contribution in [2.24, 2.45) is 0 Å². The zero-order chi connectivity index (χ0) is 18.6. The molecule has 0 bridgehead atoms. The molecular formula is C21H31N5O. The van der Waals surface area contributed by atoms with Crippen molar-refractivity contribution in [3.63, 3.8) is 0 Å². The molecule has 0 aromatic carbocycles. The van der Waals surface area contributed by atoms with Crippen LogP contribution >= 0.6 is 0 Å². The van der Waals surface area contributed by atoms with Gasteiger partial charge in [-0.2, -0.15) is 0 Å². The lowest BCUT2D eigenvalue weighted by Gasteiger charge is -2.32. The van der Waals surface area contributed by atoms with E-state index >= 15 is 0 Å². The minimum absolute atomic E-state index is 0.0255. The molecule has 2 aromatic rings. The quantitative estimate of drug-likeness (QED) is 0.870. The maximum Gasteiger partial charge on any atom is 0.315 e. The van der Waals surface area contributed by atoms with Crippen LogP contribution in [0.4, 0.5) is 4.79 Å². The van der Waals surface area contributed by atoms with E-state index in [4.69, 9.17) is 0 Å². The van der Waals surface area contributed by atoms with Crippen LogP contribution in [0.1, 0.15) is 56.2 Å². The number of aromatic nitrogens is 2. The molecule has 27 heavy (non-hydrogen) atoms. The summed E-state index contributed by atoms with van der Waals surface area (Å²) in [7, 11) is 0. The van der Waals surface area contributed by atoms with E-state index in [0.29, 0.717) is 6.04 Å². The van der Waals surface area contributed by atoms with Gasteiger partial charge >= 0.3 is 6.03 Å². The summed E-state index contributed by atoms with van der Waals surface area (Å²) in [6.07, 6.45) is 12.2. The van der Waals surface area contributed by atoms with Crippen LogP contribution in [0.2, 0.25) is 0 Å². The second kappa shape index (κ2) is 8.30. The molecule has 1 aliphatic heterocycles. The number of fused-ring (bicyclic) bond motifs is 1. The lowest BCUT2D eigenvalue weighted by Crippen LogP contribution is -2.50. The van der Waals surface area contributed by atoms with Gasteiger partial charge in [0, 0.05) is 37.9 Å². The Morgan fingerprint density at radius 1 is 1.11 bits per heavy atom. The number of pyridine rings is 1. The summed E-state index contributed by atoms with van der Waals surface area (Å²) in [5.41, 5.74) is 3.48. The van der Waals surface area contributed by atoms with Crippen LogP contribution in [0.5, 0.6) is 0 Å². The molecule has 2 fully saturated rings. The van der Waals surface area contributed by atoms with E-state index in [1.54, 1.807) is 0 Å². The predicted molar refractivity (Wildman–Crippen MR) is 107 cm³/mol. The maximum absolute atomic E-state index is 12.2. The molecular weight excluding hydrogens is 338 g/mol. The number of hydrogen-bond donors (Lipinski definition) is 2. The predicted octanol–water partition coefficient (Wildman–Crippen LogP) is 3.24. The van der Waals surface area contributed by atoms with Crippen LogP contribution in [-0.4, -0.2) is 45.5 Å². The van der Waals surface area contributed by atoms with Gasteiger partial charge in [-0.3, -0.25) is 4.90 Å². The fraction of sp³-hybridized carbons (Fsp3) is 0.619. The van der Waals surface area contributed by atoms with E-state index in [0.717, 1.165) is 51.0 Å². The van der Waals surface area contributed by atoms with Gasteiger partial charge in [-0.15, -0.1) is 0 Å². The van der Waals surface area contributed by atoms with Crippen LogP contribution in [0.25, 0.3) is 5.65 Å². The third-order valence-corrected chi connectivity index (χ3v) is 5.99. The summed E-state index contributed by atoms with van der Waals surface area (Å²) in [5, 5.41) is 6.35. The largest absolute Gasteiger partial charge is 0.335 e. The topological polar surface area (TPSA) is 61.7 Å². The molecule has 0 atom stereocenters. The van der Waals surface area contributed by atoms with E-state index in [-0.39, 0.29) is 12.1 Å². The summed E-state index contributed by atoms with van der Waals surface area (Å²) >= 11 is 0. The Bertz CT molecular complexity index is 772. The van der Waals surface area contributed by atoms with Crippen LogP contribution < -0.4 is 10.6 Å². The third-order valence-electron chi connectivity index (χ3n) is 5.99. The van der Waals surface area contributed by atoms with Crippen molar-refractivity contribution in [3.05, 3.63) is 35.8 Å². The summed E-state index contributed by atoms with van der Waals surface area (Å²) < 4.78 is 2.18. The number of amides is 2. The number of aryl methyl sites for hydroxylation is 1.